The standard InChI is InChI=1S/C15H19N3O2/c1-20-15(19)13-6-5-9-18-12(10-16-14(13)18)11-17-7-3-2-4-8-17/h5-6,9-10H,2-4,7-8,11H2,1H3. The van der Waals surface area contributed by atoms with Gasteiger partial charge in [0, 0.05) is 12.7 Å². The zero-order valence-corrected chi connectivity index (χ0v) is 11.7. The highest BCUT2D eigenvalue weighted by Crippen LogP contribution is 2.17. The van der Waals surface area contributed by atoms with Crippen molar-refractivity contribution in [1.29, 1.82) is 0 Å². The quantitative estimate of drug-likeness (QED) is 0.804. The molecule has 1 saturated heterocycles. The van der Waals surface area contributed by atoms with Gasteiger partial charge in [-0.15, -0.1) is 0 Å². The SMILES string of the molecule is COC(=O)c1cccn2c(CN3CCCCC3)cnc12. The molecule has 106 valence electrons. The van der Waals surface area contributed by atoms with E-state index in [0.29, 0.717) is 11.2 Å². The fourth-order valence-corrected chi connectivity index (χ4v) is 2.79. The van der Waals surface area contributed by atoms with Gasteiger partial charge in [0.2, 0.25) is 0 Å². The maximum atomic E-state index is 11.7. The van der Waals surface area contributed by atoms with Crippen molar-refractivity contribution in [3.8, 4) is 0 Å². The van der Waals surface area contributed by atoms with Crippen LogP contribution in [0.25, 0.3) is 5.65 Å². The fourth-order valence-electron chi connectivity index (χ4n) is 2.79. The van der Waals surface area contributed by atoms with Gasteiger partial charge in [-0.1, -0.05) is 6.42 Å². The van der Waals surface area contributed by atoms with Crippen LogP contribution in [-0.2, 0) is 11.3 Å². The molecule has 20 heavy (non-hydrogen) atoms. The number of piperidine rings is 1. The Labute approximate surface area is 118 Å². The van der Waals surface area contributed by atoms with Gasteiger partial charge in [0.25, 0.3) is 0 Å². The van der Waals surface area contributed by atoms with Crippen LogP contribution in [0.4, 0.5) is 0 Å². The summed E-state index contributed by atoms with van der Waals surface area (Å²) < 4.78 is 6.79. The summed E-state index contributed by atoms with van der Waals surface area (Å²) in [7, 11) is 1.39. The van der Waals surface area contributed by atoms with E-state index in [-0.39, 0.29) is 5.97 Å². The molecule has 0 bridgehead atoms. The number of methoxy groups -OCH3 is 1. The molecule has 1 aliphatic heterocycles. The number of fused-ring (bicyclic) bond motifs is 1. The van der Waals surface area contributed by atoms with Crippen molar-refractivity contribution in [1.82, 2.24) is 14.3 Å². The van der Waals surface area contributed by atoms with Crippen LogP contribution in [0.2, 0.25) is 0 Å². The summed E-state index contributed by atoms with van der Waals surface area (Å²) in [5.74, 6) is -0.342. The zero-order valence-electron chi connectivity index (χ0n) is 11.7. The number of pyridine rings is 1. The Morgan fingerprint density at radius 2 is 2.15 bits per heavy atom. The normalized spacial score (nSPS) is 16.4. The highest BCUT2D eigenvalue weighted by atomic mass is 16.5. The van der Waals surface area contributed by atoms with Gasteiger partial charge in [-0.3, -0.25) is 4.90 Å². The number of hydrogen-bond donors (Lipinski definition) is 0. The Bertz CT molecular complexity index is 615. The highest BCUT2D eigenvalue weighted by Gasteiger charge is 2.16. The third-order valence-electron chi connectivity index (χ3n) is 3.85. The van der Waals surface area contributed by atoms with Crippen molar-refractivity contribution < 1.29 is 9.53 Å². The topological polar surface area (TPSA) is 46.8 Å². The van der Waals surface area contributed by atoms with Crippen LogP contribution < -0.4 is 0 Å². The van der Waals surface area contributed by atoms with Crippen molar-refractivity contribution in [2.24, 2.45) is 0 Å². The van der Waals surface area contributed by atoms with E-state index in [2.05, 4.69) is 9.88 Å². The van der Waals surface area contributed by atoms with Crippen LogP contribution in [-0.4, -0.2) is 40.5 Å². The molecule has 0 amide bonds. The minimum absolute atomic E-state index is 0.342. The first-order chi connectivity index (χ1) is 9.79. The molecule has 2 aromatic rings. The number of nitrogens with zero attached hydrogens (tertiary/aromatic N) is 3. The summed E-state index contributed by atoms with van der Waals surface area (Å²) in [5, 5.41) is 0. The molecule has 0 aliphatic carbocycles. The number of esters is 1. The van der Waals surface area contributed by atoms with E-state index in [1.165, 1.54) is 26.4 Å². The number of carbonyl (C=O) groups excluding carboxylic acids is 1. The first kappa shape index (κ1) is 13.1. The summed E-state index contributed by atoms with van der Waals surface area (Å²) in [6.07, 6.45) is 7.68. The summed E-state index contributed by atoms with van der Waals surface area (Å²) >= 11 is 0. The number of ether oxygens (including phenoxy) is 1. The average molecular weight is 273 g/mol. The lowest BCUT2D eigenvalue weighted by atomic mass is 10.1. The molecule has 5 nitrogen and oxygen atoms in total. The molecule has 5 heteroatoms. The Hall–Kier alpha value is -1.88. The third-order valence-corrected chi connectivity index (χ3v) is 3.85. The van der Waals surface area contributed by atoms with Crippen molar-refractivity contribution in [3.05, 3.63) is 35.8 Å². The van der Waals surface area contributed by atoms with E-state index < -0.39 is 0 Å². The van der Waals surface area contributed by atoms with Crippen LogP contribution in [0.1, 0.15) is 35.3 Å². The zero-order chi connectivity index (χ0) is 13.9. The van der Waals surface area contributed by atoms with Gasteiger partial charge in [-0.2, -0.15) is 0 Å². The van der Waals surface area contributed by atoms with Crippen molar-refractivity contribution >= 4 is 11.6 Å². The second-order valence-electron chi connectivity index (χ2n) is 5.19. The van der Waals surface area contributed by atoms with Gasteiger partial charge in [0.1, 0.15) is 5.56 Å². The van der Waals surface area contributed by atoms with Crippen molar-refractivity contribution in [3.63, 3.8) is 0 Å². The number of likely N-dealkylation sites (tertiary alicyclic amines) is 1. The van der Waals surface area contributed by atoms with E-state index in [0.717, 1.165) is 25.3 Å². The molecule has 0 radical (unpaired) electrons. The molecule has 1 aliphatic rings. The maximum absolute atomic E-state index is 11.7. The van der Waals surface area contributed by atoms with Crippen LogP contribution in [0, 0.1) is 0 Å². The summed E-state index contributed by atoms with van der Waals surface area (Å²) in [6.45, 7) is 3.17. The monoisotopic (exact) mass is 273 g/mol. The lowest BCUT2D eigenvalue weighted by Crippen LogP contribution is -2.29. The Kier molecular flexibility index (Phi) is 3.69. The Morgan fingerprint density at radius 1 is 1.35 bits per heavy atom. The molecule has 0 N–H and O–H groups in total. The molecule has 0 atom stereocenters. The van der Waals surface area contributed by atoms with Crippen LogP contribution in [0.3, 0.4) is 0 Å². The van der Waals surface area contributed by atoms with Gasteiger partial charge < -0.3 is 9.14 Å². The van der Waals surface area contributed by atoms with Gasteiger partial charge in [0.15, 0.2) is 5.65 Å². The molecule has 1 fully saturated rings. The summed E-state index contributed by atoms with van der Waals surface area (Å²) in [4.78, 5) is 18.6. The number of hydrogen-bond acceptors (Lipinski definition) is 4. The van der Waals surface area contributed by atoms with Gasteiger partial charge in [-0.25, -0.2) is 9.78 Å². The van der Waals surface area contributed by atoms with Gasteiger partial charge in [0.05, 0.1) is 19.0 Å². The lowest BCUT2D eigenvalue weighted by molar-refractivity contribution is 0.0602. The smallest absolute Gasteiger partial charge is 0.341 e. The molecule has 0 saturated carbocycles. The molecule has 3 rings (SSSR count). The van der Waals surface area contributed by atoms with E-state index in [1.807, 2.05) is 22.9 Å². The number of imidazole rings is 1. The van der Waals surface area contributed by atoms with E-state index in [4.69, 9.17) is 4.74 Å². The second-order valence-corrected chi connectivity index (χ2v) is 5.19. The van der Waals surface area contributed by atoms with Gasteiger partial charge in [-0.05, 0) is 38.1 Å². The first-order valence-electron chi connectivity index (χ1n) is 7.05. The van der Waals surface area contributed by atoms with Crippen LogP contribution in [0.15, 0.2) is 24.5 Å². The minimum atomic E-state index is -0.342. The minimum Gasteiger partial charge on any atom is -0.465 e. The predicted octanol–water partition coefficient (Wildman–Crippen LogP) is 2.11. The first-order valence-corrected chi connectivity index (χ1v) is 7.05. The predicted molar refractivity (Wildman–Crippen MR) is 75.7 cm³/mol. The lowest BCUT2D eigenvalue weighted by Gasteiger charge is -2.25. The number of aromatic nitrogens is 2. The van der Waals surface area contributed by atoms with E-state index in [9.17, 15) is 4.79 Å². The molecule has 2 aromatic heterocycles. The second kappa shape index (κ2) is 5.63. The van der Waals surface area contributed by atoms with Crippen molar-refractivity contribution in [2.45, 2.75) is 25.8 Å². The highest BCUT2D eigenvalue weighted by molar-refractivity contribution is 5.95. The fraction of sp³-hybridized carbons (Fsp3) is 0.467. The molecular weight excluding hydrogens is 254 g/mol. The summed E-state index contributed by atoms with van der Waals surface area (Å²) in [6, 6.07) is 3.61. The average Bonchev–Trinajstić information content (AvgIpc) is 2.91. The number of carbonyl (C=O) groups is 1. The Morgan fingerprint density at radius 3 is 2.90 bits per heavy atom. The van der Waals surface area contributed by atoms with Gasteiger partial charge >= 0.3 is 5.97 Å². The molecule has 0 spiro atoms. The van der Waals surface area contributed by atoms with E-state index in [1.54, 1.807) is 6.07 Å². The number of rotatable bonds is 3. The van der Waals surface area contributed by atoms with Crippen molar-refractivity contribution in [2.75, 3.05) is 20.2 Å². The van der Waals surface area contributed by atoms with Crippen LogP contribution in [0.5, 0.6) is 0 Å². The molecule has 3 heterocycles. The maximum Gasteiger partial charge on any atom is 0.341 e. The Balaban J connectivity index is 1.91. The molecule has 0 aromatic carbocycles. The molecular formula is C15H19N3O2. The third kappa shape index (κ3) is 2.41. The van der Waals surface area contributed by atoms with E-state index >= 15 is 0 Å². The largest absolute Gasteiger partial charge is 0.465 e. The van der Waals surface area contributed by atoms with Crippen LogP contribution >= 0.6 is 0 Å². The molecule has 0 unspecified atom stereocenters. The summed E-state index contributed by atoms with van der Waals surface area (Å²) in [5.41, 5.74) is 2.30.